The van der Waals surface area contributed by atoms with Gasteiger partial charge in [-0.1, -0.05) is 30.3 Å². The van der Waals surface area contributed by atoms with E-state index >= 15 is 0 Å². The van der Waals surface area contributed by atoms with E-state index in [1.54, 1.807) is 6.07 Å². The highest BCUT2D eigenvalue weighted by atomic mass is 16.8. The van der Waals surface area contributed by atoms with Crippen molar-refractivity contribution in [1.29, 1.82) is 0 Å². The zero-order valence-corrected chi connectivity index (χ0v) is 43.8. The largest absolute Gasteiger partial charge is 0.504 e. The molecule has 0 bridgehead atoms. The maximum Gasteiger partial charge on any atom is 0.338 e. The predicted molar refractivity (Wildman–Crippen MR) is 268 cm³/mol. The summed E-state index contributed by atoms with van der Waals surface area (Å²) in [5.74, 6) is -10.8. The topological polar surface area (TPSA) is 459 Å². The van der Waals surface area contributed by atoms with E-state index in [0.717, 1.165) is 62.4 Å². The van der Waals surface area contributed by atoms with Crippen LogP contribution >= 0.6 is 0 Å². The first-order valence-electron chi connectivity index (χ1n) is 25.3. The Kier molecular flexibility index (Phi) is 21.5. The third-order valence-electron chi connectivity index (χ3n) is 13.3. The first-order valence-corrected chi connectivity index (χ1v) is 25.3. The molecular formula is C53H62O30. The van der Waals surface area contributed by atoms with Gasteiger partial charge in [0, 0.05) is 26.0 Å². The molecule has 4 saturated heterocycles. The molecule has 83 heavy (non-hydrogen) atoms. The summed E-state index contributed by atoms with van der Waals surface area (Å²) < 4.78 is 70.9. The summed E-state index contributed by atoms with van der Waals surface area (Å²) in [6.45, 7) is -3.25. The first kappa shape index (κ1) is 63.6. The number of esters is 5. The minimum Gasteiger partial charge on any atom is -0.504 e. The molecule has 3 aromatic carbocycles. The number of ether oxygens (including phenoxy) is 12. The number of aliphatic hydroxyl groups excluding tert-OH is 9. The number of hydrogen-bond acceptors (Lipinski definition) is 30. The monoisotopic (exact) mass is 1180 g/mol. The van der Waals surface area contributed by atoms with Crippen LogP contribution in [-0.4, -0.2) is 245 Å². The Hall–Kier alpha value is -6.95. The van der Waals surface area contributed by atoms with Crippen molar-refractivity contribution in [3.8, 4) is 23.0 Å². The van der Waals surface area contributed by atoms with Crippen molar-refractivity contribution in [3.63, 3.8) is 0 Å². The van der Waals surface area contributed by atoms with E-state index in [1.807, 2.05) is 0 Å². The Morgan fingerprint density at radius 1 is 0.518 bits per heavy atom. The number of carbonyl (C=O) groups excluding carboxylic acids is 5. The van der Waals surface area contributed by atoms with Crippen molar-refractivity contribution in [1.82, 2.24) is 0 Å². The lowest BCUT2D eigenvalue weighted by Crippen LogP contribution is -2.69. The number of rotatable bonds is 21. The molecule has 0 aliphatic carbocycles. The van der Waals surface area contributed by atoms with Crippen LogP contribution in [-0.2, 0) is 76.0 Å². The van der Waals surface area contributed by atoms with Gasteiger partial charge in [-0.15, -0.1) is 0 Å². The van der Waals surface area contributed by atoms with Crippen LogP contribution in [0, 0.1) is 0 Å². The summed E-state index contributed by atoms with van der Waals surface area (Å²) in [7, 11) is 0. The molecule has 0 spiro atoms. The Bertz CT molecular complexity index is 2780. The van der Waals surface area contributed by atoms with Crippen LogP contribution in [0.5, 0.6) is 23.0 Å². The third kappa shape index (κ3) is 15.4. The molecule has 7 rings (SSSR count). The molecule has 0 radical (unpaired) electrons. The number of aliphatic hydroxyl groups is 9. The summed E-state index contributed by atoms with van der Waals surface area (Å²) in [4.78, 5) is 66.2. The van der Waals surface area contributed by atoms with E-state index in [0.29, 0.717) is 0 Å². The Morgan fingerprint density at radius 2 is 1.02 bits per heavy atom. The van der Waals surface area contributed by atoms with E-state index in [-0.39, 0.29) is 16.7 Å². The normalized spacial score (nSPS) is 33.6. The van der Waals surface area contributed by atoms with Gasteiger partial charge >= 0.3 is 29.8 Å². The smallest absolute Gasteiger partial charge is 0.338 e. The van der Waals surface area contributed by atoms with Gasteiger partial charge in [0.2, 0.25) is 5.79 Å². The molecule has 4 heterocycles. The third-order valence-corrected chi connectivity index (χ3v) is 13.3. The molecule has 454 valence electrons. The average molecular weight is 1180 g/mol. The molecule has 0 amide bonds. The Labute approximate surface area is 469 Å². The van der Waals surface area contributed by atoms with Crippen molar-refractivity contribution in [3.05, 3.63) is 95.6 Å². The zero-order valence-electron chi connectivity index (χ0n) is 43.8. The number of phenolic OH excluding ortho intramolecular Hbond substituents is 4. The minimum atomic E-state index is -2.98. The fourth-order valence-corrected chi connectivity index (χ4v) is 8.97. The summed E-state index contributed by atoms with van der Waals surface area (Å²) in [6, 6.07) is 14.0. The number of aromatic hydroxyl groups is 4. The van der Waals surface area contributed by atoms with Gasteiger partial charge in [-0.2, -0.15) is 0 Å². The predicted octanol–water partition coefficient (Wildman–Crippen LogP) is -3.39. The van der Waals surface area contributed by atoms with Gasteiger partial charge < -0.3 is 123 Å². The fourth-order valence-electron chi connectivity index (χ4n) is 8.97. The molecule has 0 unspecified atom stereocenters. The Balaban J connectivity index is 1.40. The maximum absolute atomic E-state index is 14.1. The number of carbonyl (C=O) groups is 5. The van der Waals surface area contributed by atoms with Crippen molar-refractivity contribution in [2.45, 2.75) is 130 Å². The van der Waals surface area contributed by atoms with Crippen molar-refractivity contribution in [2.75, 3.05) is 33.0 Å². The average Bonchev–Trinajstić information content (AvgIpc) is 2.42. The van der Waals surface area contributed by atoms with Gasteiger partial charge in [0.05, 0.1) is 18.8 Å². The second-order valence-corrected chi connectivity index (χ2v) is 19.2. The molecular weight excluding hydrogens is 1120 g/mol. The van der Waals surface area contributed by atoms with Gasteiger partial charge in [-0.3, -0.25) is 9.59 Å². The second kappa shape index (κ2) is 28.1. The molecule has 3 aromatic rings. The highest BCUT2D eigenvalue weighted by Gasteiger charge is 2.64. The van der Waals surface area contributed by atoms with Crippen LogP contribution in [0.3, 0.4) is 0 Å². The van der Waals surface area contributed by atoms with E-state index in [2.05, 4.69) is 0 Å². The lowest BCUT2D eigenvalue weighted by atomic mass is 9.95. The molecule has 0 aromatic heterocycles. The molecule has 4 aliphatic rings. The molecule has 0 saturated carbocycles. The fraction of sp³-hybridized carbons (Fsp3) is 0.491. The van der Waals surface area contributed by atoms with Gasteiger partial charge in [0.1, 0.15) is 99.2 Å². The number of hydrogen-bond donors (Lipinski definition) is 13. The molecule has 4 fully saturated rings. The summed E-state index contributed by atoms with van der Waals surface area (Å²) >= 11 is 0. The molecule has 19 atom stereocenters. The molecule has 30 nitrogen and oxygen atoms in total. The van der Waals surface area contributed by atoms with Gasteiger partial charge in [0.15, 0.2) is 54.1 Å². The second-order valence-electron chi connectivity index (χ2n) is 19.2. The van der Waals surface area contributed by atoms with E-state index in [1.165, 1.54) is 36.4 Å². The summed E-state index contributed by atoms with van der Waals surface area (Å²) in [5.41, 5.74) is 0.112. The Morgan fingerprint density at radius 3 is 1.57 bits per heavy atom. The number of phenols is 4. The molecule has 13 N–H and O–H groups in total. The van der Waals surface area contributed by atoms with E-state index in [4.69, 9.17) is 56.8 Å². The van der Waals surface area contributed by atoms with Crippen LogP contribution in [0.1, 0.15) is 35.3 Å². The van der Waals surface area contributed by atoms with Crippen LogP contribution in [0.25, 0.3) is 12.2 Å². The van der Waals surface area contributed by atoms with Crippen LogP contribution in [0.2, 0.25) is 0 Å². The van der Waals surface area contributed by atoms with Crippen LogP contribution in [0.4, 0.5) is 0 Å². The lowest BCUT2D eigenvalue weighted by Gasteiger charge is -2.50. The SMILES string of the molecule is CC(=O)OC[C@@H]1O[C@H](O[C@@H]2[C@@H](O[C@H]3O[C@@H](CO)[C@@H](O)[C@H](O)[C@H]3O)[C@@H](O[C@]3(COC(=O)/C=C\c4ccc(O)c(O)c4)O[C@H](CO)[C@@H](O)[C@@H]3OC(=O)c3ccccc3)O[C@H](COC(C)=O)[C@H]2OC(=O)/C=C\c2ccc(O)c(O)c2)[C@H](O)[C@@H](O)[C@@H]1O. The molecule has 30 heteroatoms. The standard InChI is InChI=1S/C53H62O30/c1-23(56)72-20-34-39(65)42(68)44(70)51(76-34)79-46-45(78-37(63)15-11-26-9-13-29(59)31(61)17-26)35(21-73-24(2)57)77-52(47(46)80-50-43(69)41(67)38(64)32(18-54)75-50)83-53(22-74-36(62)14-10-25-8-12-28(58)30(60)16-25)48(40(66)33(19-55)82-53)81-49(71)27-6-4-3-5-7-27/h3-17,32-35,38-48,50-52,54-55,58-61,64-70H,18-22H2,1-2H3/b14-10-,15-11-/t32-,33+,34-,35+,38+,39+,40+,41-,42-,43+,44+,45+,46-,47+,48-,50+,51+,52+,53-/m0/s1. The van der Waals surface area contributed by atoms with Gasteiger partial charge in [-0.05, 0) is 59.7 Å². The quantitative estimate of drug-likeness (QED) is 0.0214. The lowest BCUT2D eigenvalue weighted by molar-refractivity contribution is -0.421. The summed E-state index contributed by atoms with van der Waals surface area (Å²) in [5, 5.41) is 139. The van der Waals surface area contributed by atoms with Crippen LogP contribution < -0.4 is 0 Å². The first-order chi connectivity index (χ1) is 39.4. The van der Waals surface area contributed by atoms with E-state index in [9.17, 15) is 90.4 Å². The van der Waals surface area contributed by atoms with Crippen molar-refractivity contribution in [2.24, 2.45) is 0 Å². The van der Waals surface area contributed by atoms with Crippen molar-refractivity contribution < 1.29 is 147 Å². The van der Waals surface area contributed by atoms with Crippen LogP contribution in [0.15, 0.2) is 78.9 Å². The zero-order chi connectivity index (χ0) is 60.4. The number of benzene rings is 3. The highest BCUT2D eigenvalue weighted by molar-refractivity contribution is 5.90. The minimum absolute atomic E-state index is 0.104. The van der Waals surface area contributed by atoms with E-state index < -0.39 is 202 Å². The van der Waals surface area contributed by atoms with Gasteiger partial charge in [0.25, 0.3) is 0 Å². The highest BCUT2D eigenvalue weighted by Crippen LogP contribution is 2.42. The molecule has 4 aliphatic heterocycles. The maximum atomic E-state index is 14.1. The van der Waals surface area contributed by atoms with Crippen molar-refractivity contribution >= 4 is 42.0 Å². The van der Waals surface area contributed by atoms with Gasteiger partial charge in [-0.25, -0.2) is 14.4 Å². The summed E-state index contributed by atoms with van der Waals surface area (Å²) in [6.07, 6.45) is -34.7.